The second-order valence-electron chi connectivity index (χ2n) is 5.69. The number of ether oxygens (including phenoxy) is 1. The summed E-state index contributed by atoms with van der Waals surface area (Å²) in [7, 11) is 0. The topological polar surface area (TPSA) is 88.1 Å². The maximum atomic E-state index is 11.6. The van der Waals surface area contributed by atoms with Crippen molar-refractivity contribution in [2.75, 3.05) is 0 Å². The molecule has 0 fully saturated rings. The van der Waals surface area contributed by atoms with Crippen LogP contribution in [0.25, 0.3) is 11.3 Å². The highest BCUT2D eigenvalue weighted by Gasteiger charge is 2.17. The van der Waals surface area contributed by atoms with Gasteiger partial charge in [-0.3, -0.25) is 0 Å². The number of aromatic nitrogens is 1. The number of amides is 1. The summed E-state index contributed by atoms with van der Waals surface area (Å²) < 4.78 is 10.3. The summed E-state index contributed by atoms with van der Waals surface area (Å²) in [5, 5.41) is 15.6. The number of hydrogen-bond acceptors (Lipinski definition) is 5. The predicted molar refractivity (Wildman–Crippen MR) is 79.7 cm³/mol. The largest absolute Gasteiger partial charge is 0.444 e. The van der Waals surface area contributed by atoms with Crippen molar-refractivity contribution in [1.82, 2.24) is 10.5 Å². The summed E-state index contributed by atoms with van der Waals surface area (Å²) in [6, 6.07) is 10.9. The number of nitriles is 1. The van der Waals surface area contributed by atoms with Gasteiger partial charge >= 0.3 is 6.09 Å². The highest BCUT2D eigenvalue weighted by Crippen LogP contribution is 2.22. The molecule has 0 aliphatic heterocycles. The molecule has 6 heteroatoms. The molecule has 1 aromatic heterocycles. The Bertz CT molecular complexity index is 708. The standard InChI is InChI=1S/C16H17N3O3/c1-16(2,3)21-15(20)18-10-12-8-14(19-22-12)13-7-5-4-6-11(13)9-17/h4-8H,10H2,1-3H3,(H,18,20). The molecule has 0 radical (unpaired) electrons. The van der Waals surface area contributed by atoms with Gasteiger partial charge in [-0.2, -0.15) is 5.26 Å². The van der Waals surface area contributed by atoms with Crippen LogP contribution in [0.15, 0.2) is 34.9 Å². The Morgan fingerprint density at radius 1 is 1.41 bits per heavy atom. The van der Waals surface area contributed by atoms with E-state index in [1.807, 2.05) is 6.07 Å². The van der Waals surface area contributed by atoms with E-state index in [1.54, 1.807) is 45.0 Å². The van der Waals surface area contributed by atoms with E-state index >= 15 is 0 Å². The summed E-state index contributed by atoms with van der Waals surface area (Å²) in [6.45, 7) is 5.53. The van der Waals surface area contributed by atoms with Crippen LogP contribution in [-0.4, -0.2) is 16.9 Å². The van der Waals surface area contributed by atoms with E-state index < -0.39 is 11.7 Å². The van der Waals surface area contributed by atoms with Gasteiger partial charge in [-0.05, 0) is 26.8 Å². The first-order valence-electron chi connectivity index (χ1n) is 6.81. The van der Waals surface area contributed by atoms with E-state index in [0.717, 1.165) is 0 Å². The van der Waals surface area contributed by atoms with Crippen LogP contribution in [-0.2, 0) is 11.3 Å². The average Bonchev–Trinajstić information content (AvgIpc) is 2.92. The van der Waals surface area contributed by atoms with Crippen molar-refractivity contribution < 1.29 is 14.1 Å². The zero-order valence-electron chi connectivity index (χ0n) is 12.7. The fourth-order valence-corrected chi connectivity index (χ4v) is 1.80. The molecular formula is C16H17N3O3. The third-order valence-corrected chi connectivity index (χ3v) is 2.69. The van der Waals surface area contributed by atoms with E-state index in [1.165, 1.54) is 0 Å². The second kappa shape index (κ2) is 6.31. The summed E-state index contributed by atoms with van der Waals surface area (Å²) in [4.78, 5) is 11.6. The first-order valence-corrected chi connectivity index (χ1v) is 6.81. The lowest BCUT2D eigenvalue weighted by Crippen LogP contribution is -2.32. The molecule has 6 nitrogen and oxygen atoms in total. The molecular weight excluding hydrogens is 282 g/mol. The van der Waals surface area contributed by atoms with Gasteiger partial charge in [0.05, 0.1) is 18.2 Å². The Kier molecular flexibility index (Phi) is 4.47. The Morgan fingerprint density at radius 2 is 2.14 bits per heavy atom. The molecule has 2 rings (SSSR count). The lowest BCUT2D eigenvalue weighted by atomic mass is 10.1. The normalized spacial score (nSPS) is 10.8. The van der Waals surface area contributed by atoms with Gasteiger partial charge in [0.25, 0.3) is 0 Å². The van der Waals surface area contributed by atoms with E-state index in [2.05, 4.69) is 16.5 Å². The molecule has 0 saturated carbocycles. The number of hydrogen-bond donors (Lipinski definition) is 1. The summed E-state index contributed by atoms with van der Waals surface area (Å²) in [6.07, 6.45) is -0.525. The van der Waals surface area contributed by atoms with Crippen molar-refractivity contribution in [3.05, 3.63) is 41.7 Å². The van der Waals surface area contributed by atoms with E-state index in [0.29, 0.717) is 22.6 Å². The smallest absolute Gasteiger partial charge is 0.408 e. The minimum Gasteiger partial charge on any atom is -0.444 e. The van der Waals surface area contributed by atoms with E-state index in [-0.39, 0.29) is 6.54 Å². The quantitative estimate of drug-likeness (QED) is 0.939. The monoisotopic (exact) mass is 299 g/mol. The van der Waals surface area contributed by atoms with Crippen LogP contribution in [0.4, 0.5) is 4.79 Å². The van der Waals surface area contributed by atoms with E-state index in [4.69, 9.17) is 14.5 Å². The third kappa shape index (κ3) is 4.09. The molecule has 0 bridgehead atoms. The molecule has 0 atom stereocenters. The fourth-order valence-electron chi connectivity index (χ4n) is 1.80. The molecule has 1 heterocycles. The van der Waals surface area contributed by atoms with Gasteiger partial charge in [0.15, 0.2) is 5.76 Å². The summed E-state index contributed by atoms with van der Waals surface area (Å²) in [5.74, 6) is 0.480. The number of rotatable bonds is 3. The van der Waals surface area contributed by atoms with Gasteiger partial charge in [0, 0.05) is 11.6 Å². The number of alkyl carbamates (subject to hydrolysis) is 1. The summed E-state index contributed by atoms with van der Waals surface area (Å²) in [5.41, 5.74) is 1.21. The average molecular weight is 299 g/mol. The first-order chi connectivity index (χ1) is 10.4. The number of nitrogens with one attached hydrogen (secondary N) is 1. The fraction of sp³-hybridized carbons (Fsp3) is 0.312. The maximum Gasteiger partial charge on any atom is 0.408 e. The van der Waals surface area contributed by atoms with Crippen molar-refractivity contribution in [1.29, 1.82) is 5.26 Å². The Hall–Kier alpha value is -2.81. The van der Waals surface area contributed by atoms with Gasteiger partial charge in [0.2, 0.25) is 0 Å². The zero-order chi connectivity index (χ0) is 16.2. The van der Waals surface area contributed by atoms with Gasteiger partial charge in [0.1, 0.15) is 11.3 Å². The minimum absolute atomic E-state index is 0.163. The van der Waals surface area contributed by atoms with Crippen LogP contribution < -0.4 is 5.32 Å². The van der Waals surface area contributed by atoms with Crippen LogP contribution in [0.2, 0.25) is 0 Å². The lowest BCUT2D eigenvalue weighted by Gasteiger charge is -2.19. The van der Waals surface area contributed by atoms with Crippen LogP contribution in [0.3, 0.4) is 0 Å². The Labute approximate surface area is 128 Å². The van der Waals surface area contributed by atoms with Crippen molar-refractivity contribution >= 4 is 6.09 Å². The minimum atomic E-state index is -0.553. The number of nitrogens with zero attached hydrogens (tertiary/aromatic N) is 2. The number of carbonyl (C=O) groups is 1. The maximum absolute atomic E-state index is 11.6. The Balaban J connectivity index is 2.04. The molecule has 1 amide bonds. The highest BCUT2D eigenvalue weighted by molar-refractivity contribution is 5.68. The second-order valence-corrected chi connectivity index (χ2v) is 5.69. The lowest BCUT2D eigenvalue weighted by molar-refractivity contribution is 0.0519. The molecule has 1 N–H and O–H groups in total. The first kappa shape index (κ1) is 15.6. The molecule has 1 aromatic carbocycles. The van der Waals surface area contributed by atoms with Crippen LogP contribution in [0, 0.1) is 11.3 Å². The van der Waals surface area contributed by atoms with Crippen molar-refractivity contribution in [3.8, 4) is 17.3 Å². The molecule has 0 saturated heterocycles. The molecule has 0 spiro atoms. The van der Waals surface area contributed by atoms with Gasteiger partial charge in [-0.25, -0.2) is 4.79 Å². The molecule has 2 aromatic rings. The third-order valence-electron chi connectivity index (χ3n) is 2.69. The number of carbonyl (C=O) groups excluding carboxylic acids is 1. The van der Waals surface area contributed by atoms with E-state index in [9.17, 15) is 4.79 Å². The summed E-state index contributed by atoms with van der Waals surface area (Å²) >= 11 is 0. The van der Waals surface area contributed by atoms with Crippen LogP contribution >= 0.6 is 0 Å². The molecule has 0 aliphatic rings. The van der Waals surface area contributed by atoms with Crippen LogP contribution in [0.1, 0.15) is 32.1 Å². The number of benzene rings is 1. The van der Waals surface area contributed by atoms with Gasteiger partial charge in [-0.1, -0.05) is 23.4 Å². The van der Waals surface area contributed by atoms with Gasteiger partial charge in [-0.15, -0.1) is 0 Å². The van der Waals surface area contributed by atoms with Crippen molar-refractivity contribution in [2.45, 2.75) is 32.9 Å². The highest BCUT2D eigenvalue weighted by atomic mass is 16.6. The van der Waals surface area contributed by atoms with Crippen molar-refractivity contribution in [2.24, 2.45) is 0 Å². The molecule has 0 unspecified atom stereocenters. The van der Waals surface area contributed by atoms with Gasteiger partial charge < -0.3 is 14.6 Å². The molecule has 22 heavy (non-hydrogen) atoms. The molecule has 114 valence electrons. The SMILES string of the molecule is CC(C)(C)OC(=O)NCc1cc(-c2ccccc2C#N)no1. The zero-order valence-corrected chi connectivity index (χ0v) is 12.7. The Morgan fingerprint density at radius 3 is 2.82 bits per heavy atom. The predicted octanol–water partition coefficient (Wildman–Crippen LogP) is 3.24. The van der Waals surface area contributed by atoms with Crippen LogP contribution in [0.5, 0.6) is 0 Å². The molecule has 0 aliphatic carbocycles. The van der Waals surface area contributed by atoms with Crippen molar-refractivity contribution in [3.63, 3.8) is 0 Å².